The molecular formula is C23H21Cl2N3O. The number of halogens is 2. The molecular weight excluding hydrogens is 405 g/mol. The molecule has 148 valence electrons. The van der Waals surface area contributed by atoms with Gasteiger partial charge in [-0.1, -0.05) is 35.3 Å². The monoisotopic (exact) mass is 425 g/mol. The smallest absolute Gasteiger partial charge is 0.238 e. The summed E-state index contributed by atoms with van der Waals surface area (Å²) in [5, 5.41) is 9.40. The van der Waals surface area contributed by atoms with Gasteiger partial charge in [-0.05, 0) is 79.9 Å². The van der Waals surface area contributed by atoms with Crippen molar-refractivity contribution in [3.8, 4) is 11.6 Å². The summed E-state index contributed by atoms with van der Waals surface area (Å²) in [6, 6.07) is 16.2. The summed E-state index contributed by atoms with van der Waals surface area (Å²) in [5.74, 6) is 1.29. The third-order valence-electron chi connectivity index (χ3n) is 6.16. The molecule has 4 heterocycles. The first-order chi connectivity index (χ1) is 14.0. The largest absolute Gasteiger partial charge is 0.438 e. The number of fused-ring (bicyclic) bond motifs is 2. The molecule has 0 radical (unpaired) electrons. The van der Waals surface area contributed by atoms with E-state index in [0.717, 1.165) is 43.9 Å². The van der Waals surface area contributed by atoms with Crippen LogP contribution < -0.4 is 4.74 Å². The summed E-state index contributed by atoms with van der Waals surface area (Å²) in [6.45, 7) is 4.96. The van der Waals surface area contributed by atoms with E-state index in [-0.39, 0.29) is 5.41 Å². The van der Waals surface area contributed by atoms with Crippen LogP contribution in [-0.4, -0.2) is 28.2 Å². The zero-order chi connectivity index (χ0) is 20.0. The van der Waals surface area contributed by atoms with Gasteiger partial charge in [0, 0.05) is 18.0 Å². The molecule has 29 heavy (non-hydrogen) atoms. The van der Waals surface area contributed by atoms with Crippen LogP contribution in [0, 0.1) is 6.92 Å². The van der Waals surface area contributed by atoms with Crippen LogP contribution in [0.4, 0.5) is 0 Å². The minimum atomic E-state index is -0.0429. The van der Waals surface area contributed by atoms with Gasteiger partial charge in [-0.3, -0.25) is 4.90 Å². The minimum absolute atomic E-state index is 0.0429. The molecule has 1 saturated heterocycles. The van der Waals surface area contributed by atoms with E-state index in [2.05, 4.69) is 33.3 Å². The van der Waals surface area contributed by atoms with Gasteiger partial charge in [0.2, 0.25) is 5.88 Å². The Hall–Kier alpha value is -2.14. The number of ether oxygens (including phenoxy) is 1. The van der Waals surface area contributed by atoms with Gasteiger partial charge in [-0.25, -0.2) is 0 Å². The molecule has 3 aliphatic heterocycles. The van der Waals surface area contributed by atoms with E-state index >= 15 is 0 Å². The quantitative estimate of drug-likeness (QED) is 0.532. The van der Waals surface area contributed by atoms with Crippen LogP contribution in [0.2, 0.25) is 10.0 Å². The van der Waals surface area contributed by atoms with Crippen molar-refractivity contribution in [2.24, 2.45) is 0 Å². The molecule has 3 aliphatic rings. The van der Waals surface area contributed by atoms with Crippen molar-refractivity contribution in [1.29, 1.82) is 0 Å². The van der Waals surface area contributed by atoms with Crippen LogP contribution in [0.3, 0.4) is 0 Å². The van der Waals surface area contributed by atoms with Crippen molar-refractivity contribution in [2.75, 3.05) is 13.1 Å². The second-order valence-corrected chi connectivity index (χ2v) is 8.74. The number of aryl methyl sites for hydroxylation is 1. The summed E-state index contributed by atoms with van der Waals surface area (Å²) in [7, 11) is 0. The molecule has 2 aromatic carbocycles. The van der Waals surface area contributed by atoms with Crippen molar-refractivity contribution in [2.45, 2.75) is 31.7 Å². The van der Waals surface area contributed by atoms with Crippen molar-refractivity contribution in [3.05, 3.63) is 81.0 Å². The van der Waals surface area contributed by atoms with Crippen molar-refractivity contribution in [1.82, 2.24) is 15.1 Å². The second kappa shape index (κ2) is 7.28. The van der Waals surface area contributed by atoms with E-state index in [9.17, 15) is 0 Å². The number of piperidine rings is 1. The van der Waals surface area contributed by atoms with E-state index in [1.807, 2.05) is 37.3 Å². The first-order valence-corrected chi connectivity index (χ1v) is 10.6. The lowest BCUT2D eigenvalue weighted by molar-refractivity contribution is 0.190. The standard InChI is InChI=1S/C23H21Cl2N3O/c1-15-2-7-22(27-26-15)29-18-4-5-19-16(12-18)14-28-10-8-23(19,9-11-28)17-3-6-20(24)21(25)13-17/h2-7,12-13H,8-11,14H2,1H3. The topological polar surface area (TPSA) is 38.2 Å². The fraction of sp³-hybridized carbons (Fsp3) is 0.304. The maximum atomic E-state index is 6.38. The SMILES string of the molecule is Cc1ccc(Oc2ccc3c(c2)CN2CCC3(c3ccc(Cl)c(Cl)c3)CC2)nn1. The Morgan fingerprint density at radius 3 is 2.48 bits per heavy atom. The predicted molar refractivity (Wildman–Crippen MR) is 115 cm³/mol. The summed E-state index contributed by atoms with van der Waals surface area (Å²) in [6.07, 6.45) is 2.14. The Kier molecular flexibility index (Phi) is 4.73. The van der Waals surface area contributed by atoms with Crippen LogP contribution in [0.15, 0.2) is 48.5 Å². The number of hydrogen-bond acceptors (Lipinski definition) is 4. The van der Waals surface area contributed by atoms with Crippen molar-refractivity contribution >= 4 is 23.2 Å². The molecule has 6 rings (SSSR count). The lowest BCUT2D eigenvalue weighted by Gasteiger charge is -2.39. The minimum Gasteiger partial charge on any atom is -0.438 e. The fourth-order valence-corrected chi connectivity index (χ4v) is 4.93. The lowest BCUT2D eigenvalue weighted by atomic mass is 9.68. The maximum Gasteiger partial charge on any atom is 0.238 e. The van der Waals surface area contributed by atoms with E-state index in [4.69, 9.17) is 27.9 Å². The van der Waals surface area contributed by atoms with E-state index in [0.29, 0.717) is 15.9 Å². The van der Waals surface area contributed by atoms with Gasteiger partial charge in [0.15, 0.2) is 0 Å². The van der Waals surface area contributed by atoms with Crippen LogP contribution >= 0.6 is 23.2 Å². The third-order valence-corrected chi connectivity index (χ3v) is 6.90. The summed E-state index contributed by atoms with van der Waals surface area (Å²) >= 11 is 12.6. The Labute approximate surface area is 180 Å². The van der Waals surface area contributed by atoms with Crippen LogP contribution in [-0.2, 0) is 12.0 Å². The fourth-order valence-electron chi connectivity index (χ4n) is 4.63. The molecule has 4 nitrogen and oxygen atoms in total. The van der Waals surface area contributed by atoms with Gasteiger partial charge < -0.3 is 4.74 Å². The van der Waals surface area contributed by atoms with Crippen LogP contribution in [0.1, 0.15) is 35.2 Å². The number of aromatic nitrogens is 2. The normalized spacial score (nSPS) is 22.8. The van der Waals surface area contributed by atoms with Gasteiger partial charge in [-0.15, -0.1) is 5.10 Å². The highest BCUT2D eigenvalue weighted by atomic mass is 35.5. The first kappa shape index (κ1) is 18.9. The third kappa shape index (κ3) is 3.39. The van der Waals surface area contributed by atoms with E-state index in [1.165, 1.54) is 16.7 Å². The molecule has 0 saturated carbocycles. The molecule has 0 N–H and O–H groups in total. The highest BCUT2D eigenvalue weighted by Gasteiger charge is 2.42. The Morgan fingerprint density at radius 2 is 1.76 bits per heavy atom. The van der Waals surface area contributed by atoms with Crippen molar-refractivity contribution in [3.63, 3.8) is 0 Å². The van der Waals surface area contributed by atoms with Crippen LogP contribution in [0.25, 0.3) is 0 Å². The van der Waals surface area contributed by atoms with Crippen molar-refractivity contribution < 1.29 is 4.74 Å². The molecule has 1 aromatic heterocycles. The molecule has 1 fully saturated rings. The average Bonchev–Trinajstić information content (AvgIpc) is 2.98. The molecule has 0 atom stereocenters. The second-order valence-electron chi connectivity index (χ2n) is 7.92. The molecule has 2 bridgehead atoms. The molecule has 0 amide bonds. The molecule has 0 unspecified atom stereocenters. The summed E-state index contributed by atoms with van der Waals surface area (Å²) in [4.78, 5) is 2.51. The van der Waals surface area contributed by atoms with E-state index < -0.39 is 0 Å². The van der Waals surface area contributed by atoms with Gasteiger partial charge in [0.1, 0.15) is 5.75 Å². The molecule has 6 heteroatoms. The van der Waals surface area contributed by atoms with Gasteiger partial charge >= 0.3 is 0 Å². The Morgan fingerprint density at radius 1 is 0.931 bits per heavy atom. The highest BCUT2D eigenvalue weighted by Crippen LogP contribution is 2.48. The summed E-state index contributed by atoms with van der Waals surface area (Å²) in [5.41, 5.74) is 4.72. The highest BCUT2D eigenvalue weighted by molar-refractivity contribution is 6.42. The lowest BCUT2D eigenvalue weighted by Crippen LogP contribution is -2.39. The Balaban J connectivity index is 1.56. The molecule has 3 aromatic rings. The number of benzene rings is 2. The van der Waals surface area contributed by atoms with Gasteiger partial charge in [-0.2, -0.15) is 5.10 Å². The number of rotatable bonds is 3. The van der Waals surface area contributed by atoms with Gasteiger partial charge in [0.05, 0.1) is 15.7 Å². The zero-order valence-corrected chi connectivity index (χ0v) is 17.7. The number of nitrogens with zero attached hydrogens (tertiary/aromatic N) is 3. The van der Waals surface area contributed by atoms with Gasteiger partial charge in [0.25, 0.3) is 0 Å². The summed E-state index contributed by atoms with van der Waals surface area (Å²) < 4.78 is 5.97. The maximum absolute atomic E-state index is 6.38. The van der Waals surface area contributed by atoms with E-state index in [1.54, 1.807) is 0 Å². The zero-order valence-electron chi connectivity index (χ0n) is 16.2. The number of hydrogen-bond donors (Lipinski definition) is 0. The average molecular weight is 426 g/mol. The predicted octanol–water partition coefficient (Wildman–Crippen LogP) is 5.78. The van der Waals surface area contributed by atoms with Crippen LogP contribution in [0.5, 0.6) is 11.6 Å². The Bertz CT molecular complexity index is 1060. The molecule has 0 spiro atoms. The molecule has 0 aliphatic carbocycles. The first-order valence-electron chi connectivity index (χ1n) is 9.83.